The predicted octanol–water partition coefficient (Wildman–Crippen LogP) is 5.51. The Bertz CT molecular complexity index is 546. The average Bonchev–Trinajstić information content (AvgIpc) is 2.86. The van der Waals surface area contributed by atoms with Crippen molar-refractivity contribution in [2.75, 3.05) is 0 Å². The molecule has 2 atom stereocenters. The van der Waals surface area contributed by atoms with E-state index in [9.17, 15) is 4.79 Å². The normalized spacial score (nSPS) is 25.5. The minimum Gasteiger partial charge on any atom is -0.298 e. The number of nitrogens with zero attached hydrogens (tertiary/aromatic N) is 1. The highest BCUT2D eigenvalue weighted by Gasteiger charge is 2.45. The number of rotatable bonds is 7. The second-order valence-electron chi connectivity index (χ2n) is 6.36. The second kappa shape index (κ2) is 7.53. The summed E-state index contributed by atoms with van der Waals surface area (Å²) in [6.45, 7) is 8.14. The largest absolute Gasteiger partial charge is 0.298 e. The lowest BCUT2D eigenvalue weighted by Gasteiger charge is -2.23. The lowest BCUT2D eigenvalue weighted by molar-refractivity contribution is -0.125. The van der Waals surface area contributed by atoms with Gasteiger partial charge in [-0.05, 0) is 38.3 Å². The third kappa shape index (κ3) is 3.55. The second-order valence-corrected chi connectivity index (χ2v) is 6.36. The van der Waals surface area contributed by atoms with Gasteiger partial charge >= 0.3 is 0 Å². The summed E-state index contributed by atoms with van der Waals surface area (Å²) in [5.74, 6) is 0.288. The van der Waals surface area contributed by atoms with E-state index in [1.165, 1.54) is 12.8 Å². The number of ketones is 1. The van der Waals surface area contributed by atoms with Gasteiger partial charge in [-0.15, -0.1) is 6.58 Å². The van der Waals surface area contributed by atoms with Crippen molar-refractivity contribution in [1.29, 1.82) is 0 Å². The summed E-state index contributed by atoms with van der Waals surface area (Å²) < 4.78 is 0. The summed E-state index contributed by atoms with van der Waals surface area (Å²) in [4.78, 5) is 17.6. The number of hydrogen-bond donors (Lipinski definition) is 0. The number of aliphatic imine (C=N–C) groups is 1. The van der Waals surface area contributed by atoms with Gasteiger partial charge < -0.3 is 0 Å². The molecule has 2 nitrogen and oxygen atoms in total. The maximum Gasteiger partial charge on any atom is 0.151 e. The molecule has 1 saturated carbocycles. The molecule has 22 heavy (non-hydrogen) atoms. The summed E-state index contributed by atoms with van der Waals surface area (Å²) >= 11 is 0. The van der Waals surface area contributed by atoms with Gasteiger partial charge in [-0.1, -0.05) is 50.5 Å². The van der Waals surface area contributed by atoms with Crippen molar-refractivity contribution < 1.29 is 4.79 Å². The minimum absolute atomic E-state index is 0.0418. The van der Waals surface area contributed by atoms with Crippen molar-refractivity contribution in [3.63, 3.8) is 0 Å². The Balaban J connectivity index is 2.12. The number of carbonyl (C=O) groups is 1. The molecule has 0 amide bonds. The molecule has 0 saturated heterocycles. The van der Waals surface area contributed by atoms with Gasteiger partial charge in [0, 0.05) is 11.1 Å². The summed E-state index contributed by atoms with van der Waals surface area (Å²) in [6.07, 6.45) is 8.14. The van der Waals surface area contributed by atoms with Crippen molar-refractivity contribution in [3.8, 4) is 0 Å². The lowest BCUT2D eigenvalue weighted by atomic mass is 9.79. The molecule has 0 N–H and O–H groups in total. The predicted molar refractivity (Wildman–Crippen MR) is 93.7 cm³/mol. The Hall–Kier alpha value is -1.70. The summed E-state index contributed by atoms with van der Waals surface area (Å²) in [6, 6.07) is 9.88. The maximum absolute atomic E-state index is 12.9. The van der Waals surface area contributed by atoms with E-state index in [0.717, 1.165) is 37.1 Å². The number of allylic oxidation sites excluding steroid dienone is 1. The molecular formula is C20H27NO. The standard InChI is InChI=1S/C20H27NO/c1-4-6-10-14-20(5-2)15-13-18(19(20)22)16(3)21-17-11-8-7-9-12-17/h5,7-9,11-12,18H,2,4,6,10,13-15H2,1,3H3. The highest BCUT2D eigenvalue weighted by atomic mass is 16.1. The van der Waals surface area contributed by atoms with E-state index in [1.54, 1.807) is 0 Å². The van der Waals surface area contributed by atoms with Gasteiger partial charge in [0.25, 0.3) is 0 Å². The van der Waals surface area contributed by atoms with Crippen molar-refractivity contribution in [1.82, 2.24) is 0 Å². The van der Waals surface area contributed by atoms with E-state index in [2.05, 4.69) is 18.5 Å². The van der Waals surface area contributed by atoms with Crippen molar-refractivity contribution in [2.24, 2.45) is 16.3 Å². The van der Waals surface area contributed by atoms with Crippen LogP contribution in [-0.2, 0) is 4.79 Å². The molecule has 1 aromatic rings. The first kappa shape index (κ1) is 16.7. The maximum atomic E-state index is 12.9. The van der Waals surface area contributed by atoms with Crippen LogP contribution in [-0.4, -0.2) is 11.5 Å². The molecule has 0 heterocycles. The van der Waals surface area contributed by atoms with E-state index in [4.69, 9.17) is 0 Å². The van der Waals surface area contributed by atoms with Crippen molar-refractivity contribution in [3.05, 3.63) is 43.0 Å². The first-order chi connectivity index (χ1) is 10.6. The van der Waals surface area contributed by atoms with Crippen LogP contribution in [0.1, 0.15) is 52.4 Å². The van der Waals surface area contributed by atoms with E-state index < -0.39 is 0 Å². The monoisotopic (exact) mass is 297 g/mol. The topological polar surface area (TPSA) is 29.4 Å². The van der Waals surface area contributed by atoms with Crippen LogP contribution in [0.25, 0.3) is 0 Å². The fraction of sp³-hybridized carbons (Fsp3) is 0.500. The number of carbonyl (C=O) groups excluding carboxylic acids is 1. The molecule has 0 bridgehead atoms. The molecule has 0 aliphatic heterocycles. The molecule has 1 aliphatic rings. The van der Waals surface area contributed by atoms with Gasteiger partial charge in [0.05, 0.1) is 11.6 Å². The first-order valence-electron chi connectivity index (χ1n) is 8.41. The highest BCUT2D eigenvalue weighted by Crippen LogP contribution is 2.44. The fourth-order valence-electron chi connectivity index (χ4n) is 3.43. The van der Waals surface area contributed by atoms with Crippen LogP contribution < -0.4 is 0 Å². The fourth-order valence-corrected chi connectivity index (χ4v) is 3.43. The van der Waals surface area contributed by atoms with Crippen LogP contribution in [0.5, 0.6) is 0 Å². The quantitative estimate of drug-likeness (QED) is 0.370. The number of Topliss-reactive ketones (excluding diaryl/α,β-unsaturated/α-hetero) is 1. The van der Waals surface area contributed by atoms with E-state index in [0.29, 0.717) is 5.78 Å². The zero-order chi connectivity index (χ0) is 16.0. The molecule has 2 unspecified atom stereocenters. The number of hydrogen-bond acceptors (Lipinski definition) is 2. The molecule has 0 radical (unpaired) electrons. The summed E-state index contributed by atoms with van der Waals surface area (Å²) in [5, 5.41) is 0. The smallest absolute Gasteiger partial charge is 0.151 e. The number of benzene rings is 1. The molecule has 0 spiro atoms. The Morgan fingerprint density at radius 2 is 2.09 bits per heavy atom. The average molecular weight is 297 g/mol. The Kier molecular flexibility index (Phi) is 5.70. The summed E-state index contributed by atoms with van der Waals surface area (Å²) in [5.41, 5.74) is 1.55. The third-order valence-corrected chi connectivity index (χ3v) is 4.87. The molecule has 2 rings (SSSR count). The van der Waals surface area contributed by atoms with E-state index in [-0.39, 0.29) is 11.3 Å². The molecule has 1 aliphatic carbocycles. The molecular weight excluding hydrogens is 270 g/mol. The third-order valence-electron chi connectivity index (χ3n) is 4.87. The highest BCUT2D eigenvalue weighted by molar-refractivity contribution is 6.09. The molecule has 0 aromatic heterocycles. The molecule has 1 aromatic carbocycles. The van der Waals surface area contributed by atoms with Crippen LogP contribution >= 0.6 is 0 Å². The van der Waals surface area contributed by atoms with Crippen LogP contribution in [0.4, 0.5) is 5.69 Å². The summed E-state index contributed by atoms with van der Waals surface area (Å²) in [7, 11) is 0. The van der Waals surface area contributed by atoms with Gasteiger partial charge in [-0.25, -0.2) is 0 Å². The zero-order valence-electron chi connectivity index (χ0n) is 13.8. The van der Waals surface area contributed by atoms with Crippen LogP contribution in [0.3, 0.4) is 0 Å². The Labute approximate surface area is 134 Å². The number of unbranched alkanes of at least 4 members (excludes halogenated alkanes) is 2. The first-order valence-corrected chi connectivity index (χ1v) is 8.41. The lowest BCUT2D eigenvalue weighted by Crippen LogP contribution is -2.29. The van der Waals surface area contributed by atoms with Gasteiger partial charge in [0.2, 0.25) is 0 Å². The zero-order valence-corrected chi connectivity index (χ0v) is 13.8. The van der Waals surface area contributed by atoms with Gasteiger partial charge in [-0.3, -0.25) is 9.79 Å². The Morgan fingerprint density at radius 3 is 2.73 bits per heavy atom. The van der Waals surface area contributed by atoms with E-state index in [1.807, 2.05) is 43.3 Å². The SMILES string of the molecule is C=CC1(CCCCC)CCC(C(C)=Nc2ccccc2)C1=O. The molecule has 118 valence electrons. The Morgan fingerprint density at radius 1 is 1.36 bits per heavy atom. The van der Waals surface area contributed by atoms with Crippen LogP contribution in [0.15, 0.2) is 48.0 Å². The van der Waals surface area contributed by atoms with Gasteiger partial charge in [0.1, 0.15) is 0 Å². The van der Waals surface area contributed by atoms with Crippen molar-refractivity contribution in [2.45, 2.75) is 52.4 Å². The molecule has 2 heteroatoms. The molecule has 1 fully saturated rings. The van der Waals surface area contributed by atoms with Gasteiger partial charge in [0.15, 0.2) is 5.78 Å². The van der Waals surface area contributed by atoms with Crippen molar-refractivity contribution >= 4 is 17.2 Å². The van der Waals surface area contributed by atoms with E-state index >= 15 is 0 Å². The number of para-hydroxylation sites is 1. The van der Waals surface area contributed by atoms with Gasteiger partial charge in [-0.2, -0.15) is 0 Å². The van der Waals surface area contributed by atoms with Crippen LogP contribution in [0.2, 0.25) is 0 Å². The minimum atomic E-state index is -0.312. The van der Waals surface area contributed by atoms with Crippen LogP contribution in [0, 0.1) is 11.3 Å².